The van der Waals surface area contributed by atoms with Gasteiger partial charge in [-0.2, -0.15) is 5.26 Å². The predicted octanol–water partition coefficient (Wildman–Crippen LogP) is 5.38. The average Bonchev–Trinajstić information content (AvgIpc) is 3.37. The van der Waals surface area contributed by atoms with Crippen LogP contribution in [0, 0.1) is 11.3 Å². The van der Waals surface area contributed by atoms with Gasteiger partial charge >= 0.3 is 0 Å². The summed E-state index contributed by atoms with van der Waals surface area (Å²) in [5, 5.41) is 18.2. The second-order valence-electron chi connectivity index (χ2n) is 5.57. The maximum atomic E-state index is 9.55. The van der Waals surface area contributed by atoms with Gasteiger partial charge in [-0.05, 0) is 22.7 Å². The molecule has 0 amide bonds. The first kappa shape index (κ1) is 16.5. The lowest BCUT2D eigenvalue weighted by Gasteiger charge is -2.06. The van der Waals surface area contributed by atoms with Gasteiger partial charge in [0.1, 0.15) is 23.9 Å². The topological polar surface area (TPSA) is 58.8 Å². The highest BCUT2D eigenvalue weighted by molar-refractivity contribution is 7.12. The molecule has 4 rings (SSSR count). The van der Waals surface area contributed by atoms with Gasteiger partial charge in [-0.15, -0.1) is 16.4 Å². The maximum Gasteiger partial charge on any atom is 0.192 e. The highest BCUT2D eigenvalue weighted by atomic mass is 32.1. The zero-order valence-electron chi connectivity index (χ0n) is 13.6. The molecule has 126 valence electrons. The average molecular weight is 375 g/mol. The van der Waals surface area contributed by atoms with E-state index in [0.717, 1.165) is 27.9 Å². The van der Waals surface area contributed by atoms with Gasteiger partial charge in [0.2, 0.25) is 0 Å². The van der Waals surface area contributed by atoms with Crippen LogP contribution in [0.4, 0.5) is 0 Å². The predicted molar refractivity (Wildman–Crippen MR) is 104 cm³/mol. The number of benzene rings is 2. The largest absolute Gasteiger partial charge is 0.478 e. The summed E-state index contributed by atoms with van der Waals surface area (Å²) in [6, 6.07) is 20.2. The van der Waals surface area contributed by atoms with Gasteiger partial charge < -0.3 is 4.74 Å². The Hall–Kier alpha value is -3.01. The van der Waals surface area contributed by atoms with Crippen LogP contribution in [-0.4, -0.2) is 9.59 Å². The van der Waals surface area contributed by atoms with Crippen molar-refractivity contribution in [2.75, 3.05) is 0 Å². The molecule has 0 saturated carbocycles. The zero-order valence-corrected chi connectivity index (χ0v) is 15.3. The summed E-state index contributed by atoms with van der Waals surface area (Å²) >= 11 is 2.79. The van der Waals surface area contributed by atoms with Crippen molar-refractivity contribution in [2.24, 2.45) is 0 Å². The summed E-state index contributed by atoms with van der Waals surface area (Å²) in [7, 11) is 0. The van der Waals surface area contributed by atoms with Crippen molar-refractivity contribution in [3.8, 4) is 33.5 Å². The Balaban J connectivity index is 1.50. The van der Waals surface area contributed by atoms with E-state index >= 15 is 0 Å². The van der Waals surface area contributed by atoms with E-state index in [1.165, 1.54) is 22.9 Å². The first-order chi connectivity index (χ1) is 12.8. The third-order valence-corrected chi connectivity index (χ3v) is 5.33. The number of nitrogens with zero attached hydrogens (tertiary/aromatic N) is 3. The van der Waals surface area contributed by atoms with E-state index in [2.05, 4.69) is 15.7 Å². The van der Waals surface area contributed by atoms with Gasteiger partial charge in [-0.3, -0.25) is 0 Å². The van der Waals surface area contributed by atoms with Gasteiger partial charge in [-0.1, -0.05) is 59.1 Å². The van der Waals surface area contributed by atoms with E-state index in [9.17, 15) is 5.26 Å². The molecule has 0 aliphatic rings. The molecule has 0 bridgehead atoms. The summed E-state index contributed by atoms with van der Waals surface area (Å²) in [4.78, 5) is 0. The number of thiophene rings is 1. The van der Waals surface area contributed by atoms with Crippen molar-refractivity contribution in [3.63, 3.8) is 0 Å². The number of aromatic nitrogens is 2. The number of ether oxygens (including phenoxy) is 1. The Bertz CT molecular complexity index is 1030. The molecule has 0 fully saturated rings. The van der Waals surface area contributed by atoms with Crippen LogP contribution in [0.1, 0.15) is 11.1 Å². The Morgan fingerprint density at radius 1 is 0.962 bits per heavy atom. The molecule has 0 aliphatic carbocycles. The third kappa shape index (κ3) is 3.36. The van der Waals surface area contributed by atoms with Crippen molar-refractivity contribution in [3.05, 3.63) is 76.5 Å². The second-order valence-corrected chi connectivity index (χ2v) is 7.02. The normalized spacial score (nSPS) is 10.4. The highest BCUT2D eigenvalue weighted by Crippen LogP contribution is 2.37. The van der Waals surface area contributed by atoms with Crippen LogP contribution >= 0.6 is 22.9 Å². The molecule has 0 aliphatic heterocycles. The van der Waals surface area contributed by atoms with Crippen molar-refractivity contribution < 1.29 is 4.74 Å². The summed E-state index contributed by atoms with van der Waals surface area (Å²) in [6.07, 6.45) is 0. The quantitative estimate of drug-likeness (QED) is 0.469. The third-order valence-electron chi connectivity index (χ3n) is 3.93. The first-order valence-corrected chi connectivity index (χ1v) is 9.63. The van der Waals surface area contributed by atoms with Crippen molar-refractivity contribution in [1.82, 2.24) is 9.59 Å². The van der Waals surface area contributed by atoms with Crippen LogP contribution in [0.25, 0.3) is 22.4 Å². The fourth-order valence-corrected chi connectivity index (χ4v) is 3.94. The van der Waals surface area contributed by atoms with E-state index < -0.39 is 0 Å². The van der Waals surface area contributed by atoms with Crippen LogP contribution < -0.4 is 4.74 Å². The molecule has 0 N–H and O–H groups in total. The fourth-order valence-electron chi connectivity index (χ4n) is 2.59. The van der Waals surface area contributed by atoms with Crippen LogP contribution in [0.2, 0.25) is 0 Å². The smallest absolute Gasteiger partial charge is 0.192 e. The maximum absolute atomic E-state index is 9.55. The van der Waals surface area contributed by atoms with Crippen molar-refractivity contribution >= 4 is 22.9 Å². The summed E-state index contributed by atoms with van der Waals surface area (Å²) in [5.74, 6) is 0. The standard InChI is InChI=1S/C20H13N3OS2/c21-10-17-18(15-4-2-1-3-5-15)12-25-20(17)24-11-14-6-8-16(9-7-14)19-13-26-23-22-19/h1-9,12-13H,11H2. The molecule has 26 heavy (non-hydrogen) atoms. The molecule has 6 heteroatoms. The molecule has 0 spiro atoms. The summed E-state index contributed by atoms with van der Waals surface area (Å²) in [5.41, 5.74) is 5.47. The molecule has 4 aromatic rings. The lowest BCUT2D eigenvalue weighted by Crippen LogP contribution is -1.95. The first-order valence-electron chi connectivity index (χ1n) is 7.91. The molecule has 2 aromatic carbocycles. The van der Waals surface area contributed by atoms with E-state index in [1.54, 1.807) is 0 Å². The van der Waals surface area contributed by atoms with E-state index in [4.69, 9.17) is 4.74 Å². The monoisotopic (exact) mass is 375 g/mol. The minimum Gasteiger partial charge on any atom is -0.478 e. The van der Waals surface area contributed by atoms with Gasteiger partial charge in [0.25, 0.3) is 0 Å². The van der Waals surface area contributed by atoms with Gasteiger partial charge in [0.05, 0.1) is 0 Å². The van der Waals surface area contributed by atoms with Crippen LogP contribution in [-0.2, 0) is 6.61 Å². The minimum atomic E-state index is 0.416. The molecule has 2 aromatic heterocycles. The SMILES string of the molecule is N#Cc1c(-c2ccccc2)csc1OCc1ccc(-c2csnn2)cc1. The fraction of sp³-hybridized carbons (Fsp3) is 0.0500. The van der Waals surface area contributed by atoms with Gasteiger partial charge in [-0.25, -0.2) is 0 Å². The number of hydrogen-bond donors (Lipinski definition) is 0. The second kappa shape index (κ2) is 7.48. The summed E-state index contributed by atoms with van der Waals surface area (Å²) < 4.78 is 9.80. The minimum absolute atomic E-state index is 0.416. The Morgan fingerprint density at radius 3 is 2.46 bits per heavy atom. The molecule has 0 saturated heterocycles. The zero-order chi connectivity index (χ0) is 17.8. The van der Waals surface area contributed by atoms with Crippen molar-refractivity contribution in [2.45, 2.75) is 6.61 Å². The van der Waals surface area contributed by atoms with Gasteiger partial charge in [0.15, 0.2) is 5.06 Å². The van der Waals surface area contributed by atoms with Crippen LogP contribution in [0.5, 0.6) is 5.06 Å². The highest BCUT2D eigenvalue weighted by Gasteiger charge is 2.14. The van der Waals surface area contributed by atoms with E-state index in [-0.39, 0.29) is 0 Å². The molecule has 0 atom stereocenters. The number of rotatable bonds is 5. The number of hydrogen-bond acceptors (Lipinski definition) is 6. The van der Waals surface area contributed by atoms with E-state index in [1.807, 2.05) is 65.4 Å². The molecule has 4 nitrogen and oxygen atoms in total. The lowest BCUT2D eigenvalue weighted by molar-refractivity contribution is 0.315. The molecular weight excluding hydrogens is 362 g/mol. The molecule has 0 unspecified atom stereocenters. The van der Waals surface area contributed by atoms with E-state index in [0.29, 0.717) is 17.2 Å². The van der Waals surface area contributed by atoms with Crippen molar-refractivity contribution in [1.29, 1.82) is 5.26 Å². The van der Waals surface area contributed by atoms with Gasteiger partial charge in [0, 0.05) is 21.9 Å². The van der Waals surface area contributed by atoms with Crippen LogP contribution in [0.15, 0.2) is 65.4 Å². The molecule has 0 radical (unpaired) electrons. The Labute approximate surface area is 159 Å². The molecule has 2 heterocycles. The lowest BCUT2D eigenvalue weighted by atomic mass is 10.1. The Morgan fingerprint density at radius 2 is 1.77 bits per heavy atom. The number of nitriles is 1. The summed E-state index contributed by atoms with van der Waals surface area (Å²) in [6.45, 7) is 0.416. The van der Waals surface area contributed by atoms with Crippen LogP contribution in [0.3, 0.4) is 0 Å². The molecular formula is C20H13N3OS2. The Kier molecular flexibility index (Phi) is 4.73.